The number of halogens is 3. The maximum Gasteiger partial charge on any atom is 0.446 e. The number of hydrogen-bond donors (Lipinski definition) is 2. The van der Waals surface area contributed by atoms with Crippen LogP contribution in [-0.4, -0.2) is 56.8 Å². The molecule has 1 saturated heterocycles. The molecule has 2 N–H and O–H groups in total. The minimum atomic E-state index is -4.40. The molecule has 10 nitrogen and oxygen atoms in total. The number of furan rings is 1. The molecule has 0 unspecified atom stereocenters. The van der Waals surface area contributed by atoms with Gasteiger partial charge < -0.3 is 24.5 Å². The van der Waals surface area contributed by atoms with Gasteiger partial charge in [0, 0.05) is 47.7 Å². The molecule has 1 amide bonds. The van der Waals surface area contributed by atoms with Gasteiger partial charge in [0.2, 0.25) is 11.7 Å². The molecule has 0 bridgehead atoms. The Labute approximate surface area is 241 Å². The first-order valence-corrected chi connectivity index (χ1v) is 14.1. The minimum Gasteiger partial charge on any atom is -0.464 e. The van der Waals surface area contributed by atoms with Crippen molar-refractivity contribution in [3.05, 3.63) is 70.8 Å². The summed E-state index contributed by atoms with van der Waals surface area (Å²) in [4.78, 5) is 33.9. The lowest BCUT2D eigenvalue weighted by Crippen LogP contribution is -2.47. The SMILES string of the molecule is CCc1c(N2CCNCC2)c(=O)n2nc(-c3ccc4ccoc4c3)nc2n1CC(=O)Nc1ccc(SC(F)(F)F)cc1. The average molecular weight is 598 g/mol. The summed E-state index contributed by atoms with van der Waals surface area (Å²) in [6, 6.07) is 12.8. The molecule has 218 valence electrons. The molecule has 0 spiro atoms. The zero-order valence-electron chi connectivity index (χ0n) is 22.4. The van der Waals surface area contributed by atoms with Gasteiger partial charge in [-0.15, -0.1) is 5.10 Å². The Bertz CT molecular complexity index is 1820. The molecular weight excluding hydrogens is 571 g/mol. The summed E-state index contributed by atoms with van der Waals surface area (Å²) in [5, 5.41) is 11.5. The summed E-state index contributed by atoms with van der Waals surface area (Å²) in [5.41, 5.74) is -1.98. The highest BCUT2D eigenvalue weighted by atomic mass is 32.2. The fourth-order valence-corrected chi connectivity index (χ4v) is 5.66. The zero-order valence-corrected chi connectivity index (χ0v) is 23.3. The van der Waals surface area contributed by atoms with Crippen LogP contribution >= 0.6 is 11.8 Å². The van der Waals surface area contributed by atoms with Crippen molar-refractivity contribution in [3.63, 3.8) is 0 Å². The molecule has 3 aromatic heterocycles. The first kappa shape index (κ1) is 27.8. The van der Waals surface area contributed by atoms with Gasteiger partial charge in [-0.2, -0.15) is 22.7 Å². The van der Waals surface area contributed by atoms with Gasteiger partial charge in [-0.05, 0) is 54.6 Å². The third-order valence-electron chi connectivity index (χ3n) is 6.98. The van der Waals surface area contributed by atoms with Crippen molar-refractivity contribution in [3.8, 4) is 11.4 Å². The van der Waals surface area contributed by atoms with Gasteiger partial charge in [0.15, 0.2) is 5.82 Å². The molecule has 14 heteroatoms. The smallest absolute Gasteiger partial charge is 0.446 e. The van der Waals surface area contributed by atoms with Gasteiger partial charge >= 0.3 is 5.51 Å². The largest absolute Gasteiger partial charge is 0.464 e. The van der Waals surface area contributed by atoms with Crippen LogP contribution in [0.5, 0.6) is 0 Å². The number of hydrogen-bond acceptors (Lipinski definition) is 8. The van der Waals surface area contributed by atoms with Crippen LogP contribution in [0.2, 0.25) is 0 Å². The topological polar surface area (TPSA) is 110 Å². The number of carbonyl (C=O) groups is 1. The van der Waals surface area contributed by atoms with Gasteiger partial charge in [-0.3, -0.25) is 9.59 Å². The third kappa shape index (κ3) is 5.59. The summed E-state index contributed by atoms with van der Waals surface area (Å²) in [6.45, 7) is 4.34. The molecule has 1 fully saturated rings. The van der Waals surface area contributed by atoms with Crippen LogP contribution in [0.3, 0.4) is 0 Å². The fourth-order valence-electron chi connectivity index (χ4n) is 5.12. The fraction of sp³-hybridized carbons (Fsp3) is 0.286. The molecule has 5 aromatic rings. The number of aromatic nitrogens is 4. The van der Waals surface area contributed by atoms with Crippen molar-refractivity contribution in [2.24, 2.45) is 0 Å². The Morgan fingerprint density at radius 3 is 2.60 bits per heavy atom. The summed E-state index contributed by atoms with van der Waals surface area (Å²) in [7, 11) is 0. The number of nitrogens with zero attached hydrogens (tertiary/aromatic N) is 5. The normalized spacial score (nSPS) is 14.1. The van der Waals surface area contributed by atoms with E-state index in [4.69, 9.17) is 4.42 Å². The maximum atomic E-state index is 13.9. The van der Waals surface area contributed by atoms with Gasteiger partial charge in [-0.1, -0.05) is 19.1 Å². The lowest BCUT2D eigenvalue weighted by atomic mass is 10.1. The summed E-state index contributed by atoms with van der Waals surface area (Å²) in [6.07, 6.45) is 2.03. The molecule has 4 heterocycles. The van der Waals surface area contributed by atoms with Crippen molar-refractivity contribution in [2.45, 2.75) is 30.3 Å². The zero-order chi connectivity index (χ0) is 29.4. The second-order valence-electron chi connectivity index (χ2n) is 9.72. The van der Waals surface area contributed by atoms with Crippen LogP contribution in [0.4, 0.5) is 24.5 Å². The molecule has 42 heavy (non-hydrogen) atoms. The van der Waals surface area contributed by atoms with E-state index < -0.39 is 11.4 Å². The maximum absolute atomic E-state index is 13.9. The van der Waals surface area contributed by atoms with Crippen molar-refractivity contribution in [1.29, 1.82) is 0 Å². The Hall–Kier alpha value is -4.30. The highest BCUT2D eigenvalue weighted by Crippen LogP contribution is 2.37. The molecule has 1 aliphatic rings. The van der Waals surface area contributed by atoms with Crippen LogP contribution in [-0.2, 0) is 17.8 Å². The van der Waals surface area contributed by atoms with Gasteiger partial charge in [-0.25, -0.2) is 0 Å². The first-order chi connectivity index (χ1) is 20.2. The lowest BCUT2D eigenvalue weighted by Gasteiger charge is -2.31. The molecule has 2 aromatic carbocycles. The number of alkyl halides is 3. The molecule has 0 aliphatic carbocycles. The number of rotatable bonds is 7. The monoisotopic (exact) mass is 597 g/mol. The van der Waals surface area contributed by atoms with E-state index >= 15 is 0 Å². The second-order valence-corrected chi connectivity index (χ2v) is 10.9. The van der Waals surface area contributed by atoms with Crippen LogP contribution in [0, 0.1) is 0 Å². The number of carbonyl (C=O) groups excluding carboxylic acids is 1. The Balaban J connectivity index is 1.40. The highest BCUT2D eigenvalue weighted by molar-refractivity contribution is 8.00. The van der Waals surface area contributed by atoms with E-state index in [-0.39, 0.29) is 34.5 Å². The Morgan fingerprint density at radius 2 is 1.88 bits per heavy atom. The number of amides is 1. The molecule has 1 aliphatic heterocycles. The van der Waals surface area contributed by atoms with Gasteiger partial charge in [0.1, 0.15) is 17.8 Å². The average Bonchev–Trinajstić information content (AvgIpc) is 3.62. The second kappa shape index (κ2) is 11.2. The lowest BCUT2D eigenvalue weighted by molar-refractivity contribution is -0.116. The van der Waals surface area contributed by atoms with Gasteiger partial charge in [0.05, 0.1) is 12.0 Å². The predicted molar refractivity (Wildman–Crippen MR) is 154 cm³/mol. The van der Waals surface area contributed by atoms with E-state index in [1.807, 2.05) is 30.0 Å². The number of nitrogens with one attached hydrogen (secondary N) is 2. The van der Waals surface area contributed by atoms with Crippen molar-refractivity contribution in [1.82, 2.24) is 24.5 Å². The van der Waals surface area contributed by atoms with Crippen molar-refractivity contribution in [2.75, 3.05) is 36.4 Å². The van der Waals surface area contributed by atoms with E-state index in [9.17, 15) is 22.8 Å². The van der Waals surface area contributed by atoms with E-state index in [2.05, 4.69) is 20.7 Å². The number of anilines is 2. The first-order valence-electron chi connectivity index (χ1n) is 13.3. The van der Waals surface area contributed by atoms with E-state index in [1.165, 1.54) is 28.8 Å². The van der Waals surface area contributed by atoms with E-state index in [0.717, 1.165) is 5.39 Å². The Kier molecular flexibility index (Phi) is 7.41. The Morgan fingerprint density at radius 1 is 1.12 bits per heavy atom. The van der Waals surface area contributed by atoms with Crippen LogP contribution in [0.25, 0.3) is 28.1 Å². The van der Waals surface area contributed by atoms with Crippen LogP contribution < -0.4 is 21.1 Å². The number of thioether (sulfide) groups is 1. The summed E-state index contributed by atoms with van der Waals surface area (Å²) >= 11 is -0.224. The number of piperazine rings is 1. The van der Waals surface area contributed by atoms with Crippen LogP contribution in [0.1, 0.15) is 12.6 Å². The van der Waals surface area contributed by atoms with E-state index in [1.54, 1.807) is 16.9 Å². The number of fused-ring (bicyclic) bond motifs is 2. The van der Waals surface area contributed by atoms with Gasteiger partial charge in [0.25, 0.3) is 5.56 Å². The molecule has 0 saturated carbocycles. The standard InChI is InChI=1S/C28H26F3N7O3S/c1-2-21-24(36-12-10-32-11-13-36)26(40)38-27(34-25(35-38)18-4-3-17-9-14-41-22(17)15-18)37(21)16-23(39)33-19-5-7-20(8-6-19)42-28(29,30)31/h3-9,14-15,32H,2,10-13,16H2,1H3,(H,33,39). The summed E-state index contributed by atoms with van der Waals surface area (Å²) < 4.78 is 46.5. The minimum absolute atomic E-state index is 0.0141. The highest BCUT2D eigenvalue weighted by Gasteiger charge is 2.29. The van der Waals surface area contributed by atoms with Crippen molar-refractivity contribution >= 4 is 45.8 Å². The molecule has 0 atom stereocenters. The molecular formula is C28H26F3N7O3S. The number of benzene rings is 2. The van der Waals surface area contributed by atoms with Crippen molar-refractivity contribution < 1.29 is 22.4 Å². The quantitative estimate of drug-likeness (QED) is 0.264. The molecule has 6 rings (SSSR count). The van der Waals surface area contributed by atoms with E-state index in [0.29, 0.717) is 66.6 Å². The molecule has 0 radical (unpaired) electrons. The van der Waals surface area contributed by atoms with Crippen LogP contribution in [0.15, 0.2) is 68.9 Å². The third-order valence-corrected chi connectivity index (χ3v) is 7.72. The summed E-state index contributed by atoms with van der Waals surface area (Å²) in [5.74, 6) is 0.0773. The predicted octanol–water partition coefficient (Wildman–Crippen LogP) is 4.53.